The van der Waals surface area contributed by atoms with Crippen LogP contribution >= 0.6 is 11.6 Å². The molecular formula is C5H9ClO2. The minimum absolute atomic E-state index is 0.167. The topological polar surface area (TPSA) is 34.1 Å². The summed E-state index contributed by atoms with van der Waals surface area (Å²) in [7, 11) is 0. The highest BCUT2D eigenvalue weighted by Gasteiger charge is 1.67. The average molecular weight is 137 g/mol. The van der Waals surface area contributed by atoms with E-state index in [9.17, 15) is 9.59 Å². The Morgan fingerprint density at radius 2 is 1.12 bits per heavy atom. The molecule has 0 fully saturated rings. The van der Waals surface area contributed by atoms with Gasteiger partial charge < -0.3 is 4.79 Å². The van der Waals surface area contributed by atoms with Crippen LogP contribution in [0.3, 0.4) is 0 Å². The van der Waals surface area contributed by atoms with E-state index in [1.54, 1.807) is 0 Å². The highest BCUT2D eigenvalue weighted by molar-refractivity contribution is 6.62. The van der Waals surface area contributed by atoms with Crippen molar-refractivity contribution in [1.82, 2.24) is 0 Å². The Hall–Kier alpha value is -0.370. The summed E-state index contributed by atoms with van der Waals surface area (Å²) >= 11 is 4.64. The molecule has 3 heteroatoms. The zero-order valence-electron chi connectivity index (χ0n) is 5.19. The Labute approximate surface area is 53.8 Å². The fraction of sp³-hybridized carbons (Fsp3) is 0.600. The SMILES string of the molecule is CC(=O)Cl.CC(C)=O. The molecule has 48 valence electrons. The second-order valence-corrected chi connectivity index (χ2v) is 1.91. The summed E-state index contributed by atoms with van der Waals surface area (Å²) in [6.45, 7) is 4.35. The van der Waals surface area contributed by atoms with E-state index in [2.05, 4.69) is 11.6 Å². The van der Waals surface area contributed by atoms with Crippen LogP contribution < -0.4 is 0 Å². The summed E-state index contributed by atoms with van der Waals surface area (Å²) in [5.74, 6) is 0.167. The molecule has 2 nitrogen and oxygen atoms in total. The molecule has 0 atom stereocenters. The molecular weight excluding hydrogens is 128 g/mol. The molecule has 0 aromatic heterocycles. The van der Waals surface area contributed by atoms with Crippen LogP contribution in [0.1, 0.15) is 20.8 Å². The van der Waals surface area contributed by atoms with Crippen molar-refractivity contribution in [3.63, 3.8) is 0 Å². The van der Waals surface area contributed by atoms with E-state index in [-0.39, 0.29) is 11.0 Å². The van der Waals surface area contributed by atoms with Gasteiger partial charge in [0.25, 0.3) is 0 Å². The smallest absolute Gasteiger partial charge is 0.218 e. The predicted octanol–water partition coefficient (Wildman–Crippen LogP) is 1.37. The molecule has 0 aromatic carbocycles. The summed E-state index contributed by atoms with van der Waals surface area (Å²) in [5.41, 5.74) is 0. The third-order valence-corrected chi connectivity index (χ3v) is 0. The molecule has 0 aliphatic heterocycles. The van der Waals surface area contributed by atoms with Crippen molar-refractivity contribution in [2.45, 2.75) is 20.8 Å². The lowest BCUT2D eigenvalue weighted by Gasteiger charge is -1.56. The summed E-state index contributed by atoms with van der Waals surface area (Å²) < 4.78 is 0. The Morgan fingerprint density at radius 3 is 1.12 bits per heavy atom. The average Bonchev–Trinajstić information content (AvgIpc) is 1.25. The zero-order valence-corrected chi connectivity index (χ0v) is 5.95. The first-order valence-electron chi connectivity index (χ1n) is 2.10. The van der Waals surface area contributed by atoms with Gasteiger partial charge in [-0.15, -0.1) is 0 Å². The van der Waals surface area contributed by atoms with Crippen LogP contribution in [0.5, 0.6) is 0 Å². The van der Waals surface area contributed by atoms with Crippen LogP contribution in [0, 0.1) is 0 Å². The first-order chi connectivity index (χ1) is 3.46. The molecule has 0 aliphatic rings. The second-order valence-electron chi connectivity index (χ2n) is 1.38. The van der Waals surface area contributed by atoms with Crippen molar-refractivity contribution < 1.29 is 9.59 Å². The van der Waals surface area contributed by atoms with Crippen LogP contribution in [0.25, 0.3) is 0 Å². The number of hydrogen-bond donors (Lipinski definition) is 0. The van der Waals surface area contributed by atoms with E-state index in [0.29, 0.717) is 0 Å². The molecule has 0 N–H and O–H groups in total. The van der Waals surface area contributed by atoms with E-state index >= 15 is 0 Å². The predicted molar refractivity (Wildman–Crippen MR) is 32.9 cm³/mol. The largest absolute Gasteiger partial charge is 0.300 e. The highest BCUT2D eigenvalue weighted by atomic mass is 35.5. The molecule has 0 spiro atoms. The van der Waals surface area contributed by atoms with Gasteiger partial charge in [-0.1, -0.05) is 0 Å². The van der Waals surface area contributed by atoms with Gasteiger partial charge in [-0.05, 0) is 25.4 Å². The van der Waals surface area contributed by atoms with Gasteiger partial charge in [0.2, 0.25) is 5.24 Å². The van der Waals surface area contributed by atoms with Crippen molar-refractivity contribution in [2.24, 2.45) is 0 Å². The fourth-order valence-corrected chi connectivity index (χ4v) is 0. The highest BCUT2D eigenvalue weighted by Crippen LogP contribution is 1.67. The number of carbonyl (C=O) groups excluding carboxylic acids is 2. The van der Waals surface area contributed by atoms with Gasteiger partial charge in [0.1, 0.15) is 5.78 Å². The van der Waals surface area contributed by atoms with E-state index in [0.717, 1.165) is 0 Å². The van der Waals surface area contributed by atoms with Crippen LogP contribution in [-0.2, 0) is 9.59 Å². The molecule has 0 saturated heterocycles. The standard InChI is InChI=1S/C3H6O.C2H3ClO/c1-3(2)4;1-2(3)4/h1-2H3;1H3. The van der Waals surface area contributed by atoms with Gasteiger partial charge in [0.05, 0.1) is 0 Å². The normalized spacial score (nSPS) is 6.50. The minimum atomic E-state index is -0.361. The van der Waals surface area contributed by atoms with E-state index in [1.165, 1.54) is 20.8 Å². The lowest BCUT2D eigenvalue weighted by molar-refractivity contribution is -0.115. The monoisotopic (exact) mass is 136 g/mol. The number of hydrogen-bond acceptors (Lipinski definition) is 2. The molecule has 0 bridgehead atoms. The molecule has 0 aromatic rings. The van der Waals surface area contributed by atoms with Gasteiger partial charge in [0.15, 0.2) is 0 Å². The molecule has 0 saturated carbocycles. The zero-order chi connectivity index (χ0) is 7.15. The maximum absolute atomic E-state index is 9.44. The van der Waals surface area contributed by atoms with Crippen molar-refractivity contribution >= 4 is 22.6 Å². The quantitative estimate of drug-likeness (QED) is 0.472. The molecule has 0 amide bonds. The molecule has 0 rings (SSSR count). The van der Waals surface area contributed by atoms with Gasteiger partial charge in [-0.2, -0.15) is 0 Å². The van der Waals surface area contributed by atoms with Crippen molar-refractivity contribution in [3.8, 4) is 0 Å². The number of ketones is 1. The first kappa shape index (κ1) is 10.6. The second kappa shape index (κ2) is 6.63. The number of rotatable bonds is 0. The first-order valence-corrected chi connectivity index (χ1v) is 2.48. The summed E-state index contributed by atoms with van der Waals surface area (Å²) in [6, 6.07) is 0. The third-order valence-electron chi connectivity index (χ3n) is 0. The van der Waals surface area contributed by atoms with Crippen molar-refractivity contribution in [3.05, 3.63) is 0 Å². The molecule has 8 heavy (non-hydrogen) atoms. The third kappa shape index (κ3) is 882. The van der Waals surface area contributed by atoms with Gasteiger partial charge >= 0.3 is 0 Å². The molecule has 0 unspecified atom stereocenters. The summed E-state index contributed by atoms with van der Waals surface area (Å²) in [6.07, 6.45) is 0. The Kier molecular flexibility index (Phi) is 8.77. The number of halogens is 1. The van der Waals surface area contributed by atoms with Crippen LogP contribution in [0.15, 0.2) is 0 Å². The van der Waals surface area contributed by atoms with Crippen molar-refractivity contribution in [2.75, 3.05) is 0 Å². The van der Waals surface area contributed by atoms with E-state index < -0.39 is 0 Å². The number of carbonyl (C=O) groups is 2. The lowest BCUT2D eigenvalue weighted by Crippen LogP contribution is -1.69. The number of Topliss-reactive ketones (excluding diaryl/α,β-unsaturated/α-hetero) is 1. The summed E-state index contributed by atoms with van der Waals surface area (Å²) in [5, 5.41) is -0.361. The van der Waals surface area contributed by atoms with Crippen molar-refractivity contribution in [1.29, 1.82) is 0 Å². The minimum Gasteiger partial charge on any atom is -0.300 e. The Morgan fingerprint density at radius 1 is 1.12 bits per heavy atom. The fourth-order valence-electron chi connectivity index (χ4n) is 0. The Balaban J connectivity index is 0. The maximum Gasteiger partial charge on any atom is 0.218 e. The maximum atomic E-state index is 9.44. The van der Waals surface area contributed by atoms with E-state index in [1.807, 2.05) is 0 Å². The molecule has 0 aliphatic carbocycles. The summed E-state index contributed by atoms with van der Waals surface area (Å²) in [4.78, 5) is 18.7. The van der Waals surface area contributed by atoms with Gasteiger partial charge in [-0.25, -0.2) is 0 Å². The Bertz CT molecular complexity index is 68.4. The lowest BCUT2D eigenvalue weighted by atomic mass is 10.6. The van der Waals surface area contributed by atoms with Crippen LogP contribution in [0.2, 0.25) is 0 Å². The van der Waals surface area contributed by atoms with Gasteiger partial charge in [-0.3, -0.25) is 4.79 Å². The van der Waals surface area contributed by atoms with Crippen LogP contribution in [-0.4, -0.2) is 11.0 Å². The van der Waals surface area contributed by atoms with Gasteiger partial charge in [0, 0.05) is 6.92 Å². The molecule has 0 radical (unpaired) electrons. The van der Waals surface area contributed by atoms with E-state index in [4.69, 9.17) is 0 Å². The van der Waals surface area contributed by atoms with Crippen LogP contribution in [0.4, 0.5) is 0 Å². The molecule has 0 heterocycles.